The highest BCUT2D eigenvalue weighted by Gasteiger charge is 2.15. The summed E-state index contributed by atoms with van der Waals surface area (Å²) in [6.07, 6.45) is 2.84. The molecule has 17 heavy (non-hydrogen) atoms. The normalized spacial score (nSPS) is 11.3. The zero-order chi connectivity index (χ0) is 12.3. The van der Waals surface area contributed by atoms with Crippen molar-refractivity contribution >= 4 is 15.5 Å². The van der Waals surface area contributed by atoms with Crippen LogP contribution in [-0.4, -0.2) is 18.4 Å². The molecule has 2 aromatic rings. The molecule has 1 aromatic carbocycles. The van der Waals surface area contributed by atoms with Crippen molar-refractivity contribution < 1.29 is 8.42 Å². The molecule has 2 N–H and O–H groups in total. The van der Waals surface area contributed by atoms with Crippen LogP contribution in [0, 0.1) is 0 Å². The summed E-state index contributed by atoms with van der Waals surface area (Å²) >= 11 is 0. The Labute approximate surface area is 99.3 Å². The zero-order valence-corrected chi connectivity index (χ0v) is 9.76. The minimum absolute atomic E-state index is 0.139. The first kappa shape index (κ1) is 11.5. The summed E-state index contributed by atoms with van der Waals surface area (Å²) in [5.41, 5.74) is 6.51. The molecule has 88 valence electrons. The molecule has 6 heteroatoms. The van der Waals surface area contributed by atoms with E-state index >= 15 is 0 Å². The van der Waals surface area contributed by atoms with Crippen molar-refractivity contribution in [1.29, 1.82) is 0 Å². The van der Waals surface area contributed by atoms with Gasteiger partial charge < -0.3 is 5.73 Å². The van der Waals surface area contributed by atoms with Crippen LogP contribution in [0.1, 0.15) is 5.69 Å². The summed E-state index contributed by atoms with van der Waals surface area (Å²) in [6.45, 7) is 0. The first-order valence-electron chi connectivity index (χ1n) is 4.91. The van der Waals surface area contributed by atoms with Gasteiger partial charge in [0.05, 0.1) is 16.3 Å². The van der Waals surface area contributed by atoms with Crippen molar-refractivity contribution in [2.45, 2.75) is 10.6 Å². The van der Waals surface area contributed by atoms with E-state index in [9.17, 15) is 8.42 Å². The average Bonchev–Trinajstić information content (AvgIpc) is 2.30. The highest BCUT2D eigenvalue weighted by Crippen LogP contribution is 2.16. The molecule has 0 saturated heterocycles. The van der Waals surface area contributed by atoms with Gasteiger partial charge in [-0.05, 0) is 30.3 Å². The molecule has 0 bridgehead atoms. The predicted octanol–water partition coefficient (Wildman–Crippen LogP) is 1.03. The van der Waals surface area contributed by atoms with E-state index < -0.39 is 9.84 Å². The van der Waals surface area contributed by atoms with Crippen molar-refractivity contribution in [1.82, 2.24) is 9.97 Å². The Bertz CT molecular complexity index is 594. The van der Waals surface area contributed by atoms with Gasteiger partial charge in [-0.3, -0.25) is 0 Å². The van der Waals surface area contributed by atoms with Gasteiger partial charge in [0.25, 0.3) is 0 Å². The fourth-order valence-electron chi connectivity index (χ4n) is 1.36. The Morgan fingerprint density at radius 2 is 1.82 bits per heavy atom. The Morgan fingerprint density at radius 1 is 1.12 bits per heavy atom. The third-order valence-electron chi connectivity index (χ3n) is 2.22. The lowest BCUT2D eigenvalue weighted by molar-refractivity contribution is 0.594. The standard InChI is InChI=1S/C11H11N3O2S/c12-9-1-3-11(4-2-9)17(15,16)7-10-5-6-13-8-14-10/h1-6,8H,7,12H2. The van der Waals surface area contributed by atoms with Gasteiger partial charge in [-0.15, -0.1) is 0 Å². The number of hydrogen-bond acceptors (Lipinski definition) is 5. The van der Waals surface area contributed by atoms with E-state index in [1.165, 1.54) is 24.7 Å². The fourth-order valence-corrected chi connectivity index (χ4v) is 2.63. The number of sulfone groups is 1. The minimum Gasteiger partial charge on any atom is -0.399 e. The molecule has 5 nitrogen and oxygen atoms in total. The number of nitrogens with zero attached hydrogens (tertiary/aromatic N) is 2. The monoisotopic (exact) mass is 249 g/mol. The number of aromatic nitrogens is 2. The highest BCUT2D eigenvalue weighted by molar-refractivity contribution is 7.90. The van der Waals surface area contributed by atoms with E-state index in [1.54, 1.807) is 18.2 Å². The summed E-state index contributed by atoms with van der Waals surface area (Å²) in [7, 11) is -3.38. The molecule has 0 spiro atoms. The Balaban J connectivity index is 2.29. The van der Waals surface area contributed by atoms with Gasteiger partial charge in [0.2, 0.25) is 0 Å². The highest BCUT2D eigenvalue weighted by atomic mass is 32.2. The van der Waals surface area contributed by atoms with Crippen molar-refractivity contribution in [3.8, 4) is 0 Å². The average molecular weight is 249 g/mol. The van der Waals surface area contributed by atoms with Crippen LogP contribution in [-0.2, 0) is 15.6 Å². The second-order valence-corrected chi connectivity index (χ2v) is 5.52. The van der Waals surface area contributed by atoms with Gasteiger partial charge in [0.15, 0.2) is 9.84 Å². The van der Waals surface area contributed by atoms with E-state index in [0.717, 1.165) is 0 Å². The third-order valence-corrected chi connectivity index (χ3v) is 3.89. The Kier molecular flexibility index (Phi) is 3.06. The van der Waals surface area contributed by atoms with Gasteiger partial charge in [0, 0.05) is 11.9 Å². The topological polar surface area (TPSA) is 85.9 Å². The van der Waals surface area contributed by atoms with Crippen molar-refractivity contribution in [3.05, 3.63) is 48.5 Å². The van der Waals surface area contributed by atoms with Crippen molar-refractivity contribution in [3.63, 3.8) is 0 Å². The second kappa shape index (κ2) is 4.50. The first-order chi connectivity index (χ1) is 8.08. The van der Waals surface area contributed by atoms with Crippen LogP contribution in [0.15, 0.2) is 47.8 Å². The largest absolute Gasteiger partial charge is 0.399 e. The third kappa shape index (κ3) is 2.79. The number of hydrogen-bond donors (Lipinski definition) is 1. The van der Waals surface area contributed by atoms with Gasteiger partial charge >= 0.3 is 0 Å². The van der Waals surface area contributed by atoms with Gasteiger partial charge in [-0.25, -0.2) is 18.4 Å². The number of nitrogens with two attached hydrogens (primary N) is 1. The molecule has 1 heterocycles. The van der Waals surface area contributed by atoms with Gasteiger partial charge in [-0.2, -0.15) is 0 Å². The van der Waals surface area contributed by atoms with Crippen LogP contribution < -0.4 is 5.73 Å². The molecule has 2 rings (SSSR count). The molecule has 0 aliphatic heterocycles. The van der Waals surface area contributed by atoms with Crippen LogP contribution in [0.4, 0.5) is 5.69 Å². The first-order valence-corrected chi connectivity index (χ1v) is 6.56. The van der Waals surface area contributed by atoms with E-state index in [-0.39, 0.29) is 10.6 Å². The summed E-state index contributed by atoms with van der Waals surface area (Å²) in [6, 6.07) is 7.69. The maximum Gasteiger partial charge on any atom is 0.184 e. The van der Waals surface area contributed by atoms with Gasteiger partial charge in [0.1, 0.15) is 6.33 Å². The van der Waals surface area contributed by atoms with E-state index in [4.69, 9.17) is 5.73 Å². The number of nitrogen functional groups attached to an aromatic ring is 1. The van der Waals surface area contributed by atoms with E-state index in [2.05, 4.69) is 9.97 Å². The molecule has 0 amide bonds. The molecule has 0 radical (unpaired) electrons. The number of rotatable bonds is 3. The van der Waals surface area contributed by atoms with Crippen LogP contribution in [0.3, 0.4) is 0 Å². The zero-order valence-electron chi connectivity index (χ0n) is 8.95. The maximum absolute atomic E-state index is 12.0. The van der Waals surface area contributed by atoms with E-state index in [0.29, 0.717) is 11.4 Å². The molecule has 0 fully saturated rings. The smallest absolute Gasteiger partial charge is 0.184 e. The summed E-state index contributed by atoms with van der Waals surface area (Å²) in [4.78, 5) is 7.87. The minimum atomic E-state index is -3.38. The quantitative estimate of drug-likeness (QED) is 0.821. The van der Waals surface area contributed by atoms with Crippen LogP contribution in [0.25, 0.3) is 0 Å². The van der Waals surface area contributed by atoms with E-state index in [1.807, 2.05) is 0 Å². The summed E-state index contributed by atoms with van der Waals surface area (Å²) < 4.78 is 24.0. The molecule has 0 saturated carbocycles. The molecular weight excluding hydrogens is 238 g/mol. The number of benzene rings is 1. The molecule has 1 aromatic heterocycles. The summed E-state index contributed by atoms with van der Waals surface area (Å²) in [5, 5.41) is 0. The Morgan fingerprint density at radius 3 is 2.41 bits per heavy atom. The SMILES string of the molecule is Nc1ccc(S(=O)(=O)Cc2ccncn2)cc1. The molecular formula is C11H11N3O2S. The van der Waals surface area contributed by atoms with Gasteiger partial charge in [-0.1, -0.05) is 0 Å². The molecule has 0 aliphatic rings. The maximum atomic E-state index is 12.0. The van der Waals surface area contributed by atoms with Crippen LogP contribution in [0.2, 0.25) is 0 Å². The molecule has 0 unspecified atom stereocenters. The van der Waals surface area contributed by atoms with Crippen LogP contribution >= 0.6 is 0 Å². The lowest BCUT2D eigenvalue weighted by atomic mass is 10.3. The Hall–Kier alpha value is -1.95. The van der Waals surface area contributed by atoms with Crippen molar-refractivity contribution in [2.75, 3.05) is 5.73 Å². The molecule has 0 atom stereocenters. The van der Waals surface area contributed by atoms with Crippen molar-refractivity contribution in [2.24, 2.45) is 0 Å². The summed E-state index contributed by atoms with van der Waals surface area (Å²) in [5.74, 6) is -0.139. The second-order valence-electron chi connectivity index (χ2n) is 3.53. The van der Waals surface area contributed by atoms with Crippen LogP contribution in [0.5, 0.6) is 0 Å². The lowest BCUT2D eigenvalue weighted by Gasteiger charge is -2.04. The number of anilines is 1. The fraction of sp³-hybridized carbons (Fsp3) is 0.0909. The lowest BCUT2D eigenvalue weighted by Crippen LogP contribution is -2.06. The molecule has 0 aliphatic carbocycles. The predicted molar refractivity (Wildman–Crippen MR) is 63.8 cm³/mol.